The third-order valence-electron chi connectivity index (χ3n) is 3.26. The van der Waals surface area contributed by atoms with E-state index in [9.17, 15) is 0 Å². The Balaban J connectivity index is 1.80. The Hall–Kier alpha value is -1.62. The average Bonchev–Trinajstić information content (AvgIpc) is 2.92. The van der Waals surface area contributed by atoms with Crippen LogP contribution in [0.3, 0.4) is 0 Å². The summed E-state index contributed by atoms with van der Waals surface area (Å²) in [4.78, 5) is 4.43. The number of aryl methyl sites for hydroxylation is 1. The van der Waals surface area contributed by atoms with Crippen LogP contribution in [0.15, 0.2) is 21.1 Å². The molecule has 0 amide bonds. The second-order valence-corrected chi connectivity index (χ2v) is 4.72. The van der Waals surface area contributed by atoms with Crippen LogP contribution in [-0.4, -0.2) is 16.7 Å². The lowest BCUT2D eigenvalue weighted by atomic mass is 10.1. The van der Waals surface area contributed by atoms with Gasteiger partial charge in [-0.15, -0.1) is 0 Å². The van der Waals surface area contributed by atoms with Gasteiger partial charge in [0.1, 0.15) is 5.76 Å². The number of rotatable bonds is 2. The minimum Gasteiger partial charge on any atom is -0.456 e. The molecule has 0 radical (unpaired) electrons. The van der Waals surface area contributed by atoms with Crippen LogP contribution in [0.1, 0.15) is 43.3 Å². The first-order valence-corrected chi connectivity index (χ1v) is 6.47. The second-order valence-electron chi connectivity index (χ2n) is 4.72. The molecule has 2 aromatic rings. The molecule has 5 nitrogen and oxygen atoms in total. The third kappa shape index (κ3) is 2.31. The van der Waals surface area contributed by atoms with Crippen molar-refractivity contribution < 1.29 is 8.94 Å². The number of hydrogen-bond acceptors (Lipinski definition) is 5. The van der Waals surface area contributed by atoms with Crippen LogP contribution in [-0.2, 0) is 0 Å². The molecule has 0 aromatic carbocycles. The molecular formula is C13H17N3O2. The van der Waals surface area contributed by atoms with Gasteiger partial charge in [0.25, 0.3) is 5.89 Å². The van der Waals surface area contributed by atoms with E-state index in [1.807, 2.05) is 19.1 Å². The molecule has 0 aliphatic carbocycles. The first-order valence-electron chi connectivity index (χ1n) is 6.47. The van der Waals surface area contributed by atoms with Gasteiger partial charge in [0.2, 0.25) is 0 Å². The zero-order chi connectivity index (χ0) is 12.4. The summed E-state index contributed by atoms with van der Waals surface area (Å²) in [6.07, 6.45) is 4.77. The molecule has 2 aromatic heterocycles. The summed E-state index contributed by atoms with van der Waals surface area (Å²) >= 11 is 0. The fourth-order valence-electron chi connectivity index (χ4n) is 2.27. The topological polar surface area (TPSA) is 64.1 Å². The predicted molar refractivity (Wildman–Crippen MR) is 65.9 cm³/mol. The number of aromatic nitrogens is 2. The second kappa shape index (κ2) is 4.94. The molecule has 18 heavy (non-hydrogen) atoms. The van der Waals surface area contributed by atoms with Gasteiger partial charge in [0.05, 0.1) is 6.04 Å². The summed E-state index contributed by atoms with van der Waals surface area (Å²) < 4.78 is 10.7. The van der Waals surface area contributed by atoms with E-state index in [4.69, 9.17) is 8.94 Å². The summed E-state index contributed by atoms with van der Waals surface area (Å²) in [6, 6.07) is 3.96. The smallest absolute Gasteiger partial charge is 0.293 e. The quantitative estimate of drug-likeness (QED) is 0.884. The molecule has 96 valence electrons. The Morgan fingerprint density at radius 2 is 2.22 bits per heavy atom. The lowest BCUT2D eigenvalue weighted by Gasteiger charge is -2.09. The first-order chi connectivity index (χ1) is 8.83. The van der Waals surface area contributed by atoms with Crippen LogP contribution in [0, 0.1) is 6.92 Å². The van der Waals surface area contributed by atoms with E-state index in [2.05, 4.69) is 15.5 Å². The highest BCUT2D eigenvalue weighted by Gasteiger charge is 2.20. The van der Waals surface area contributed by atoms with Gasteiger partial charge in [-0.05, 0) is 38.4 Å². The van der Waals surface area contributed by atoms with Crippen LogP contribution in [0.4, 0.5) is 0 Å². The van der Waals surface area contributed by atoms with Crippen molar-refractivity contribution in [2.24, 2.45) is 0 Å². The molecule has 1 atom stereocenters. The van der Waals surface area contributed by atoms with E-state index in [0.29, 0.717) is 11.7 Å². The zero-order valence-electron chi connectivity index (χ0n) is 10.5. The van der Waals surface area contributed by atoms with Gasteiger partial charge >= 0.3 is 0 Å². The zero-order valence-corrected chi connectivity index (χ0v) is 10.5. The van der Waals surface area contributed by atoms with Crippen LogP contribution in [0.2, 0.25) is 0 Å². The molecule has 1 aliphatic heterocycles. The number of hydrogen-bond donors (Lipinski definition) is 1. The van der Waals surface area contributed by atoms with Crippen LogP contribution in [0.25, 0.3) is 11.7 Å². The van der Waals surface area contributed by atoms with Gasteiger partial charge in [-0.1, -0.05) is 18.0 Å². The van der Waals surface area contributed by atoms with Crippen molar-refractivity contribution in [3.05, 3.63) is 23.7 Å². The molecule has 0 bridgehead atoms. The minimum absolute atomic E-state index is 0.209. The molecule has 1 fully saturated rings. The van der Waals surface area contributed by atoms with Crippen LogP contribution in [0.5, 0.6) is 0 Å². The molecule has 1 saturated heterocycles. The van der Waals surface area contributed by atoms with Crippen molar-refractivity contribution in [3.63, 3.8) is 0 Å². The molecule has 1 aliphatic rings. The lowest BCUT2D eigenvalue weighted by molar-refractivity contribution is 0.392. The van der Waals surface area contributed by atoms with Crippen molar-refractivity contribution in [1.82, 2.24) is 15.5 Å². The SMILES string of the molecule is Cc1ccc(-c2nc(C3CCCCCN3)no2)o1. The predicted octanol–water partition coefficient (Wildman–Crippen LogP) is 2.84. The van der Waals surface area contributed by atoms with Crippen LogP contribution >= 0.6 is 0 Å². The Morgan fingerprint density at radius 1 is 1.28 bits per heavy atom. The number of furan rings is 1. The maximum Gasteiger partial charge on any atom is 0.293 e. The van der Waals surface area contributed by atoms with Gasteiger partial charge in [0.15, 0.2) is 11.6 Å². The third-order valence-corrected chi connectivity index (χ3v) is 3.26. The number of nitrogens with zero attached hydrogens (tertiary/aromatic N) is 2. The van der Waals surface area contributed by atoms with Gasteiger partial charge in [-0.25, -0.2) is 0 Å². The molecule has 0 spiro atoms. The summed E-state index contributed by atoms with van der Waals surface area (Å²) in [5, 5.41) is 7.51. The van der Waals surface area contributed by atoms with E-state index in [1.54, 1.807) is 0 Å². The van der Waals surface area contributed by atoms with E-state index >= 15 is 0 Å². The summed E-state index contributed by atoms with van der Waals surface area (Å²) in [5.41, 5.74) is 0. The normalized spacial score (nSPS) is 20.8. The fraction of sp³-hybridized carbons (Fsp3) is 0.538. The van der Waals surface area contributed by atoms with Crippen molar-refractivity contribution in [3.8, 4) is 11.7 Å². The first kappa shape index (κ1) is 11.5. The maximum atomic E-state index is 5.48. The van der Waals surface area contributed by atoms with Crippen molar-refractivity contribution in [2.75, 3.05) is 6.54 Å². The molecule has 1 unspecified atom stereocenters. The van der Waals surface area contributed by atoms with Crippen molar-refractivity contribution in [2.45, 2.75) is 38.6 Å². The van der Waals surface area contributed by atoms with Crippen molar-refractivity contribution >= 4 is 0 Å². The highest BCUT2D eigenvalue weighted by Crippen LogP contribution is 2.24. The Morgan fingerprint density at radius 3 is 3.06 bits per heavy atom. The molecule has 5 heteroatoms. The lowest BCUT2D eigenvalue weighted by Crippen LogP contribution is -2.21. The summed E-state index contributed by atoms with van der Waals surface area (Å²) in [7, 11) is 0. The molecule has 3 heterocycles. The Labute approximate surface area is 106 Å². The monoisotopic (exact) mass is 247 g/mol. The highest BCUT2D eigenvalue weighted by molar-refractivity contribution is 5.44. The van der Waals surface area contributed by atoms with E-state index in [-0.39, 0.29) is 6.04 Å². The van der Waals surface area contributed by atoms with E-state index < -0.39 is 0 Å². The molecule has 0 saturated carbocycles. The van der Waals surface area contributed by atoms with Gasteiger partial charge < -0.3 is 14.3 Å². The Bertz CT molecular complexity index is 510. The molecular weight excluding hydrogens is 230 g/mol. The van der Waals surface area contributed by atoms with Gasteiger partial charge in [-0.3, -0.25) is 0 Å². The number of nitrogens with one attached hydrogen (secondary N) is 1. The van der Waals surface area contributed by atoms with E-state index in [0.717, 1.165) is 24.6 Å². The molecule has 1 N–H and O–H groups in total. The molecule has 3 rings (SSSR count). The Kier molecular flexibility index (Phi) is 3.15. The maximum absolute atomic E-state index is 5.48. The van der Waals surface area contributed by atoms with E-state index in [1.165, 1.54) is 19.3 Å². The fourth-order valence-corrected chi connectivity index (χ4v) is 2.27. The van der Waals surface area contributed by atoms with Gasteiger partial charge in [0, 0.05) is 0 Å². The standard InChI is InChI=1S/C13H17N3O2/c1-9-6-7-11(17-9)13-15-12(16-18-13)10-5-3-2-4-8-14-10/h6-7,10,14H,2-5,8H2,1H3. The van der Waals surface area contributed by atoms with Gasteiger partial charge in [-0.2, -0.15) is 4.98 Å². The highest BCUT2D eigenvalue weighted by atomic mass is 16.5. The summed E-state index contributed by atoms with van der Waals surface area (Å²) in [6.45, 7) is 2.92. The van der Waals surface area contributed by atoms with Crippen molar-refractivity contribution in [1.29, 1.82) is 0 Å². The summed E-state index contributed by atoms with van der Waals surface area (Å²) in [5.74, 6) is 2.68. The minimum atomic E-state index is 0.209. The largest absolute Gasteiger partial charge is 0.456 e. The van der Waals surface area contributed by atoms with Crippen LogP contribution < -0.4 is 5.32 Å². The average molecular weight is 247 g/mol.